The fourth-order valence-corrected chi connectivity index (χ4v) is 5.07. The van der Waals surface area contributed by atoms with Gasteiger partial charge in [0.2, 0.25) is 0 Å². The van der Waals surface area contributed by atoms with Crippen LogP contribution in [0, 0.1) is 17.6 Å². The lowest BCUT2D eigenvalue weighted by Gasteiger charge is -2.13. The topological polar surface area (TPSA) is 46.9 Å². The van der Waals surface area contributed by atoms with Crippen molar-refractivity contribution in [3.05, 3.63) is 82.2 Å². The summed E-state index contributed by atoms with van der Waals surface area (Å²) in [5.74, 6) is -0.689. The Hall–Kier alpha value is -3.02. The van der Waals surface area contributed by atoms with Gasteiger partial charge in [-0.1, -0.05) is 24.3 Å². The molecule has 1 amide bonds. The Morgan fingerprint density at radius 3 is 2.90 bits per heavy atom. The Kier molecular flexibility index (Phi) is 3.49. The number of fused-ring (bicyclic) bond motifs is 4. The maximum absolute atomic E-state index is 14.4. The highest BCUT2D eigenvalue weighted by atomic mass is 19.1. The number of aromatic nitrogens is 2. The molecular formula is C23H19F2N3O. The second kappa shape index (κ2) is 5.99. The predicted octanol–water partition coefficient (Wildman–Crippen LogP) is 4.23. The Morgan fingerprint density at radius 1 is 1.17 bits per heavy atom. The molecular weight excluding hydrogens is 372 g/mol. The maximum atomic E-state index is 14.4. The van der Waals surface area contributed by atoms with Gasteiger partial charge in [0.25, 0.3) is 5.91 Å². The summed E-state index contributed by atoms with van der Waals surface area (Å²) in [6.07, 6.45) is 3.65. The van der Waals surface area contributed by atoms with Gasteiger partial charge in [0.1, 0.15) is 11.5 Å². The van der Waals surface area contributed by atoms with Gasteiger partial charge in [0.15, 0.2) is 11.5 Å². The number of hydrogen-bond acceptors (Lipinski definition) is 2. The van der Waals surface area contributed by atoms with Crippen LogP contribution in [-0.4, -0.2) is 15.7 Å². The molecule has 1 fully saturated rings. The number of rotatable bonds is 3. The predicted molar refractivity (Wildman–Crippen MR) is 103 cm³/mol. The molecule has 0 aliphatic heterocycles. The normalized spacial score (nSPS) is 23.4. The van der Waals surface area contributed by atoms with Crippen molar-refractivity contribution in [2.45, 2.75) is 37.6 Å². The van der Waals surface area contributed by atoms with E-state index in [0.717, 1.165) is 48.6 Å². The lowest BCUT2D eigenvalue weighted by molar-refractivity contribution is 0.0930. The van der Waals surface area contributed by atoms with Crippen molar-refractivity contribution in [1.82, 2.24) is 15.1 Å². The zero-order valence-electron chi connectivity index (χ0n) is 15.7. The number of hydrogen-bond donors (Lipinski definition) is 1. The largest absolute Gasteiger partial charge is 0.344 e. The van der Waals surface area contributed by atoms with Crippen LogP contribution >= 0.6 is 0 Å². The van der Waals surface area contributed by atoms with Gasteiger partial charge in [-0.2, -0.15) is 5.10 Å². The summed E-state index contributed by atoms with van der Waals surface area (Å²) in [7, 11) is 0. The van der Waals surface area contributed by atoms with Crippen LogP contribution in [0.3, 0.4) is 0 Å². The molecule has 0 saturated heterocycles. The molecule has 2 aromatic carbocycles. The van der Waals surface area contributed by atoms with Crippen LogP contribution in [-0.2, 0) is 12.8 Å². The molecule has 1 aromatic heterocycles. The zero-order valence-corrected chi connectivity index (χ0v) is 15.7. The molecule has 0 bridgehead atoms. The summed E-state index contributed by atoms with van der Waals surface area (Å²) in [4.78, 5) is 13.1. The Morgan fingerprint density at radius 2 is 2.03 bits per heavy atom. The van der Waals surface area contributed by atoms with E-state index in [1.807, 2.05) is 12.1 Å². The lowest BCUT2D eigenvalue weighted by Crippen LogP contribution is -2.28. The molecule has 0 radical (unpaired) electrons. The summed E-state index contributed by atoms with van der Waals surface area (Å²) in [6.45, 7) is 0. The van der Waals surface area contributed by atoms with E-state index in [0.29, 0.717) is 17.5 Å². The minimum Gasteiger partial charge on any atom is -0.344 e. The lowest BCUT2D eigenvalue weighted by atomic mass is 10.1. The molecule has 3 aliphatic carbocycles. The van der Waals surface area contributed by atoms with Crippen molar-refractivity contribution in [3.63, 3.8) is 0 Å². The highest BCUT2D eigenvalue weighted by Crippen LogP contribution is 2.57. The van der Waals surface area contributed by atoms with Gasteiger partial charge in [-0.05, 0) is 54.9 Å². The van der Waals surface area contributed by atoms with E-state index in [2.05, 4.69) is 22.5 Å². The van der Waals surface area contributed by atoms with Crippen molar-refractivity contribution in [1.29, 1.82) is 0 Å². The van der Waals surface area contributed by atoms with Crippen LogP contribution in [0.2, 0.25) is 0 Å². The molecule has 6 heteroatoms. The van der Waals surface area contributed by atoms with Crippen LogP contribution < -0.4 is 5.32 Å². The number of aryl methyl sites for hydroxylation is 1. The molecule has 146 valence electrons. The smallest absolute Gasteiger partial charge is 0.272 e. The zero-order chi connectivity index (χ0) is 19.7. The van der Waals surface area contributed by atoms with Gasteiger partial charge in [-0.25, -0.2) is 13.5 Å². The van der Waals surface area contributed by atoms with E-state index >= 15 is 0 Å². The number of amides is 1. The minimum absolute atomic E-state index is 0.0296. The number of carbonyl (C=O) groups excluding carboxylic acids is 1. The van der Waals surface area contributed by atoms with Crippen molar-refractivity contribution in [2.24, 2.45) is 5.92 Å². The quantitative estimate of drug-likeness (QED) is 0.726. The molecule has 3 aliphatic rings. The van der Waals surface area contributed by atoms with E-state index in [1.54, 1.807) is 0 Å². The first-order valence-electron chi connectivity index (χ1n) is 10.1. The van der Waals surface area contributed by atoms with Crippen molar-refractivity contribution in [3.8, 4) is 5.69 Å². The first-order valence-corrected chi connectivity index (χ1v) is 10.1. The van der Waals surface area contributed by atoms with Gasteiger partial charge >= 0.3 is 0 Å². The molecule has 1 heterocycles. The number of nitrogens with one attached hydrogen (secondary N) is 1. The monoisotopic (exact) mass is 391 g/mol. The van der Waals surface area contributed by atoms with Gasteiger partial charge in [-0.3, -0.25) is 4.79 Å². The Labute approximate surface area is 166 Å². The van der Waals surface area contributed by atoms with E-state index in [1.165, 1.54) is 22.4 Å². The van der Waals surface area contributed by atoms with Gasteiger partial charge in [0.05, 0.1) is 11.7 Å². The summed E-state index contributed by atoms with van der Waals surface area (Å²) in [5.41, 5.74) is 4.82. The Bertz CT molecular complexity index is 1170. The Balaban J connectivity index is 1.37. The summed E-state index contributed by atoms with van der Waals surface area (Å²) >= 11 is 0. The second-order valence-corrected chi connectivity index (χ2v) is 8.29. The van der Waals surface area contributed by atoms with Crippen molar-refractivity contribution < 1.29 is 13.6 Å². The summed E-state index contributed by atoms with van der Waals surface area (Å²) in [5, 5.41) is 7.64. The highest BCUT2D eigenvalue weighted by Gasteiger charge is 2.50. The van der Waals surface area contributed by atoms with E-state index in [9.17, 15) is 13.6 Å². The molecule has 3 atom stereocenters. The fraction of sp³-hybridized carbons (Fsp3) is 0.304. The molecule has 29 heavy (non-hydrogen) atoms. The van der Waals surface area contributed by atoms with Crippen molar-refractivity contribution in [2.75, 3.05) is 0 Å². The second-order valence-electron chi connectivity index (χ2n) is 8.29. The standard InChI is InChI=1S/C23H19F2N3O/c24-14-6-8-20(18(25)11-14)28-22-16-9-13(16)10-17(22)21(27-28)23(29)26-19-7-5-12-3-1-2-4-15(12)19/h1-4,6,8,11,13,16,19H,5,7,9-10H2,(H,26,29)/t13-,16-,19-/m1/s1. The number of carbonyl (C=O) groups is 1. The van der Waals surface area contributed by atoms with E-state index in [-0.39, 0.29) is 17.6 Å². The third-order valence-electron chi connectivity index (χ3n) is 6.55. The molecule has 1 N–H and O–H groups in total. The minimum atomic E-state index is -0.670. The molecule has 1 saturated carbocycles. The summed E-state index contributed by atoms with van der Waals surface area (Å²) < 4.78 is 29.3. The molecule has 3 aromatic rings. The van der Waals surface area contributed by atoms with E-state index < -0.39 is 11.6 Å². The van der Waals surface area contributed by atoms with Crippen LogP contribution in [0.4, 0.5) is 8.78 Å². The number of halogens is 2. The molecule has 0 unspecified atom stereocenters. The van der Waals surface area contributed by atoms with Crippen LogP contribution in [0.25, 0.3) is 5.69 Å². The summed E-state index contributed by atoms with van der Waals surface area (Å²) in [6, 6.07) is 11.6. The average molecular weight is 391 g/mol. The molecule has 0 spiro atoms. The third kappa shape index (κ3) is 2.55. The van der Waals surface area contributed by atoms with Crippen molar-refractivity contribution >= 4 is 5.91 Å². The number of nitrogens with zero attached hydrogens (tertiary/aromatic N) is 2. The van der Waals surface area contributed by atoms with Crippen LogP contribution in [0.15, 0.2) is 42.5 Å². The highest BCUT2D eigenvalue weighted by molar-refractivity contribution is 5.95. The fourth-order valence-electron chi connectivity index (χ4n) is 5.07. The van der Waals surface area contributed by atoms with E-state index in [4.69, 9.17) is 0 Å². The first kappa shape index (κ1) is 16.9. The van der Waals surface area contributed by atoms with Crippen LogP contribution in [0.5, 0.6) is 0 Å². The first-order chi connectivity index (χ1) is 14.1. The molecule has 4 nitrogen and oxygen atoms in total. The van der Waals surface area contributed by atoms with Gasteiger partial charge in [-0.15, -0.1) is 0 Å². The van der Waals surface area contributed by atoms with Crippen LogP contribution in [0.1, 0.15) is 57.7 Å². The number of benzene rings is 2. The molecule has 6 rings (SSSR count). The third-order valence-corrected chi connectivity index (χ3v) is 6.55. The SMILES string of the molecule is O=C(N[C@@H]1CCc2ccccc21)c1nn(-c2ccc(F)cc2F)c2c1C[C@H]1C[C@@H]21. The van der Waals surface area contributed by atoms with Gasteiger partial charge < -0.3 is 5.32 Å². The van der Waals surface area contributed by atoms with Gasteiger partial charge in [0, 0.05) is 17.5 Å². The maximum Gasteiger partial charge on any atom is 0.272 e. The average Bonchev–Trinajstić information content (AvgIpc) is 3.04.